The van der Waals surface area contributed by atoms with Crippen LogP contribution in [-0.4, -0.2) is 27.6 Å². The van der Waals surface area contributed by atoms with Crippen LogP contribution in [-0.2, 0) is 17.6 Å². The van der Waals surface area contributed by atoms with E-state index in [1.54, 1.807) is 0 Å². The Morgan fingerprint density at radius 2 is 1.86 bits per heavy atom. The molecule has 1 aromatic rings. The molecular formula is C15H27N5O. The van der Waals surface area contributed by atoms with Crippen LogP contribution in [0.3, 0.4) is 0 Å². The van der Waals surface area contributed by atoms with Crippen molar-refractivity contribution in [3.63, 3.8) is 0 Å². The van der Waals surface area contributed by atoms with Crippen LogP contribution in [0.25, 0.3) is 0 Å². The van der Waals surface area contributed by atoms with E-state index in [1.807, 2.05) is 13.8 Å². The first-order valence-corrected chi connectivity index (χ1v) is 7.86. The summed E-state index contributed by atoms with van der Waals surface area (Å²) < 4.78 is 0. The van der Waals surface area contributed by atoms with Crippen molar-refractivity contribution >= 4 is 11.9 Å². The Morgan fingerprint density at radius 1 is 1.14 bits per heavy atom. The molecule has 1 amide bonds. The fraction of sp³-hybridized carbons (Fsp3) is 0.733. The highest BCUT2D eigenvalue weighted by Gasteiger charge is 2.12. The average molecular weight is 293 g/mol. The number of amides is 1. The Hall–Kier alpha value is -1.56. The second-order valence-corrected chi connectivity index (χ2v) is 5.17. The molecule has 0 aliphatic heterocycles. The number of nitrogens with one attached hydrogen (secondary N) is 1. The van der Waals surface area contributed by atoms with Crippen LogP contribution in [0.5, 0.6) is 0 Å². The van der Waals surface area contributed by atoms with Gasteiger partial charge in [-0.3, -0.25) is 10.1 Å². The monoisotopic (exact) mass is 293 g/mol. The molecule has 1 aromatic heterocycles. The first kappa shape index (κ1) is 17.5. The molecule has 0 aliphatic rings. The normalized spacial score (nSPS) is 12.2. The highest BCUT2D eigenvalue weighted by molar-refractivity contribution is 5.88. The number of aromatic nitrogens is 3. The van der Waals surface area contributed by atoms with Crippen molar-refractivity contribution in [1.82, 2.24) is 15.2 Å². The van der Waals surface area contributed by atoms with Crippen LogP contribution < -0.4 is 11.1 Å². The fourth-order valence-corrected chi connectivity index (χ4v) is 2.30. The summed E-state index contributed by atoms with van der Waals surface area (Å²) in [6.45, 7) is 6.84. The molecule has 6 nitrogen and oxygen atoms in total. The summed E-state index contributed by atoms with van der Waals surface area (Å²) in [5, 5.41) is 10.8. The molecule has 0 radical (unpaired) electrons. The van der Waals surface area contributed by atoms with Crippen LogP contribution in [0.4, 0.5) is 5.95 Å². The van der Waals surface area contributed by atoms with Gasteiger partial charge in [0, 0.05) is 6.42 Å². The molecule has 118 valence electrons. The van der Waals surface area contributed by atoms with Gasteiger partial charge in [-0.1, -0.05) is 27.2 Å². The topological polar surface area (TPSA) is 93.8 Å². The lowest BCUT2D eigenvalue weighted by Gasteiger charge is -2.13. The highest BCUT2D eigenvalue weighted by Crippen LogP contribution is 2.15. The van der Waals surface area contributed by atoms with E-state index in [9.17, 15) is 4.79 Å². The molecule has 1 atom stereocenters. The third-order valence-electron chi connectivity index (χ3n) is 3.69. The second kappa shape index (κ2) is 9.39. The molecule has 1 heterocycles. The van der Waals surface area contributed by atoms with E-state index < -0.39 is 0 Å². The molecule has 0 saturated heterocycles. The molecule has 21 heavy (non-hydrogen) atoms. The van der Waals surface area contributed by atoms with Gasteiger partial charge in [0.1, 0.15) is 0 Å². The quantitative estimate of drug-likeness (QED) is 0.727. The van der Waals surface area contributed by atoms with Gasteiger partial charge >= 0.3 is 0 Å². The smallest absolute Gasteiger partial charge is 0.249 e. The van der Waals surface area contributed by atoms with Crippen molar-refractivity contribution < 1.29 is 4.79 Å². The zero-order valence-electron chi connectivity index (χ0n) is 13.4. The molecule has 0 bridgehead atoms. The predicted octanol–water partition coefficient (Wildman–Crippen LogP) is 2.09. The number of anilines is 1. The van der Waals surface area contributed by atoms with E-state index in [1.165, 1.54) is 0 Å². The summed E-state index contributed by atoms with van der Waals surface area (Å²) in [5.41, 5.74) is 7.36. The minimum Gasteiger partial charge on any atom is -0.330 e. The number of nitrogens with two attached hydrogens (primary N) is 1. The van der Waals surface area contributed by atoms with Gasteiger partial charge in [0.25, 0.3) is 0 Å². The van der Waals surface area contributed by atoms with Gasteiger partial charge in [0.05, 0.1) is 11.4 Å². The molecule has 6 heteroatoms. The van der Waals surface area contributed by atoms with Crippen molar-refractivity contribution in [3.05, 3.63) is 11.4 Å². The minimum atomic E-state index is -0.0569. The molecule has 0 saturated carbocycles. The summed E-state index contributed by atoms with van der Waals surface area (Å²) in [6.07, 6.45) is 4.92. The first-order chi connectivity index (χ1) is 10.1. The SMILES string of the molecule is CCc1nnc(NC(=O)CCC(CC)CCN)nc1CC. The van der Waals surface area contributed by atoms with Gasteiger partial charge in [-0.25, -0.2) is 4.98 Å². The Kier molecular flexibility index (Phi) is 7.82. The maximum atomic E-state index is 11.9. The van der Waals surface area contributed by atoms with E-state index >= 15 is 0 Å². The van der Waals surface area contributed by atoms with Crippen LogP contribution in [0.1, 0.15) is 57.8 Å². The van der Waals surface area contributed by atoms with E-state index in [0.29, 0.717) is 24.8 Å². The molecule has 0 spiro atoms. The second-order valence-electron chi connectivity index (χ2n) is 5.17. The van der Waals surface area contributed by atoms with Gasteiger partial charge in [-0.2, -0.15) is 0 Å². The van der Waals surface area contributed by atoms with Crippen LogP contribution >= 0.6 is 0 Å². The van der Waals surface area contributed by atoms with Gasteiger partial charge in [0.2, 0.25) is 11.9 Å². The Balaban J connectivity index is 2.54. The number of hydrogen-bond donors (Lipinski definition) is 2. The summed E-state index contributed by atoms with van der Waals surface area (Å²) in [7, 11) is 0. The maximum absolute atomic E-state index is 11.9. The summed E-state index contributed by atoms with van der Waals surface area (Å²) in [6, 6.07) is 0. The lowest BCUT2D eigenvalue weighted by Crippen LogP contribution is -2.18. The summed E-state index contributed by atoms with van der Waals surface area (Å²) >= 11 is 0. The number of carbonyl (C=O) groups is 1. The molecule has 0 fully saturated rings. The van der Waals surface area contributed by atoms with E-state index in [4.69, 9.17) is 5.73 Å². The largest absolute Gasteiger partial charge is 0.330 e. The number of nitrogens with zero attached hydrogens (tertiary/aromatic N) is 3. The average Bonchev–Trinajstić information content (AvgIpc) is 2.51. The summed E-state index contributed by atoms with van der Waals surface area (Å²) in [4.78, 5) is 16.3. The summed E-state index contributed by atoms with van der Waals surface area (Å²) in [5.74, 6) is 0.757. The number of rotatable bonds is 9. The third-order valence-corrected chi connectivity index (χ3v) is 3.69. The molecule has 1 rings (SSSR count). The zero-order chi connectivity index (χ0) is 15.7. The molecule has 0 aliphatic carbocycles. The molecule has 1 unspecified atom stereocenters. The van der Waals surface area contributed by atoms with Gasteiger partial charge in [-0.05, 0) is 38.1 Å². The standard InChI is InChI=1S/C15H27N5O/c1-4-11(9-10-16)7-8-14(21)18-15-17-12(5-2)13(6-3)19-20-15/h11H,4-10,16H2,1-3H3,(H,17,18,20,21). The Bertz CT molecular complexity index is 450. The van der Waals surface area contributed by atoms with Gasteiger partial charge in [-0.15, -0.1) is 10.2 Å². The zero-order valence-corrected chi connectivity index (χ0v) is 13.4. The van der Waals surface area contributed by atoms with E-state index in [0.717, 1.165) is 43.5 Å². The van der Waals surface area contributed by atoms with Crippen LogP contribution in [0.15, 0.2) is 0 Å². The fourth-order valence-electron chi connectivity index (χ4n) is 2.30. The lowest BCUT2D eigenvalue weighted by atomic mass is 9.96. The highest BCUT2D eigenvalue weighted by atomic mass is 16.1. The predicted molar refractivity (Wildman–Crippen MR) is 83.9 cm³/mol. The lowest BCUT2D eigenvalue weighted by molar-refractivity contribution is -0.116. The van der Waals surface area contributed by atoms with E-state index in [-0.39, 0.29) is 5.91 Å². The van der Waals surface area contributed by atoms with Crippen molar-refractivity contribution in [2.45, 2.75) is 59.3 Å². The molecule has 3 N–H and O–H groups in total. The molecule has 0 aromatic carbocycles. The third kappa shape index (κ3) is 5.75. The number of hydrogen-bond acceptors (Lipinski definition) is 5. The van der Waals surface area contributed by atoms with E-state index in [2.05, 4.69) is 27.4 Å². The Morgan fingerprint density at radius 3 is 2.43 bits per heavy atom. The number of aryl methyl sites for hydroxylation is 2. The van der Waals surface area contributed by atoms with Crippen LogP contribution in [0, 0.1) is 5.92 Å². The maximum Gasteiger partial charge on any atom is 0.249 e. The minimum absolute atomic E-state index is 0.0569. The van der Waals surface area contributed by atoms with Gasteiger partial charge in [0.15, 0.2) is 0 Å². The van der Waals surface area contributed by atoms with Crippen molar-refractivity contribution in [2.75, 3.05) is 11.9 Å². The van der Waals surface area contributed by atoms with Gasteiger partial charge < -0.3 is 5.73 Å². The van der Waals surface area contributed by atoms with Crippen molar-refractivity contribution in [3.8, 4) is 0 Å². The number of carbonyl (C=O) groups excluding carboxylic acids is 1. The van der Waals surface area contributed by atoms with Crippen LogP contribution in [0.2, 0.25) is 0 Å². The van der Waals surface area contributed by atoms with Crippen molar-refractivity contribution in [1.29, 1.82) is 0 Å². The Labute approximate surface area is 126 Å². The van der Waals surface area contributed by atoms with Crippen molar-refractivity contribution in [2.24, 2.45) is 11.7 Å². The first-order valence-electron chi connectivity index (χ1n) is 7.86. The molecular weight excluding hydrogens is 266 g/mol.